The van der Waals surface area contributed by atoms with Crippen LogP contribution in [-0.4, -0.2) is 92.0 Å². The second kappa shape index (κ2) is 13.2. The van der Waals surface area contributed by atoms with Crippen molar-refractivity contribution in [3.8, 4) is 5.88 Å². The number of carbonyl (C=O) groups excluding carboxylic acids is 3. The number of piperidine rings is 1. The predicted molar refractivity (Wildman–Crippen MR) is 136 cm³/mol. The number of aliphatic hydroxyl groups is 1. The lowest BCUT2D eigenvalue weighted by Crippen LogP contribution is -2.55. The molecule has 2 aromatic rings. The number of nitrogens with two attached hydrogens (primary N) is 1. The summed E-state index contributed by atoms with van der Waals surface area (Å²) in [6.07, 6.45) is 0.179. The first-order chi connectivity index (χ1) is 17.7. The van der Waals surface area contributed by atoms with Crippen LogP contribution in [0.25, 0.3) is 0 Å². The van der Waals surface area contributed by atoms with E-state index in [0.717, 1.165) is 0 Å². The van der Waals surface area contributed by atoms with E-state index in [1.807, 2.05) is 4.90 Å². The zero-order valence-electron chi connectivity index (χ0n) is 20.5. The van der Waals surface area contributed by atoms with E-state index in [2.05, 4.69) is 15.6 Å². The molecule has 1 aromatic carbocycles. The number of nitrogens with zero attached hydrogens (tertiary/aromatic N) is 2. The molecule has 0 radical (unpaired) electrons. The van der Waals surface area contributed by atoms with E-state index < -0.39 is 11.9 Å². The molecular formula is C24H30ClN5O7. The molecule has 0 aliphatic carbocycles. The van der Waals surface area contributed by atoms with Crippen molar-refractivity contribution in [2.45, 2.75) is 18.6 Å². The summed E-state index contributed by atoms with van der Waals surface area (Å²) >= 11 is 6.03. The second-order valence-corrected chi connectivity index (χ2v) is 8.68. The van der Waals surface area contributed by atoms with Crippen LogP contribution in [0.5, 0.6) is 5.88 Å². The number of methoxy groups -OCH3 is 2. The average molecular weight is 536 g/mol. The Labute approximate surface area is 219 Å². The summed E-state index contributed by atoms with van der Waals surface area (Å²) in [6, 6.07) is 7.35. The van der Waals surface area contributed by atoms with Gasteiger partial charge in [0.05, 0.1) is 43.0 Å². The van der Waals surface area contributed by atoms with Crippen LogP contribution in [0.15, 0.2) is 30.3 Å². The zero-order valence-corrected chi connectivity index (χ0v) is 21.3. The van der Waals surface area contributed by atoms with Crippen molar-refractivity contribution in [3.05, 3.63) is 46.5 Å². The van der Waals surface area contributed by atoms with E-state index in [9.17, 15) is 14.4 Å². The quantitative estimate of drug-likeness (QED) is 0.321. The molecule has 12 nitrogen and oxygen atoms in total. The number of benzene rings is 1. The van der Waals surface area contributed by atoms with Gasteiger partial charge >= 0.3 is 5.97 Å². The minimum absolute atomic E-state index is 0.0629. The molecule has 13 heteroatoms. The van der Waals surface area contributed by atoms with Crippen LogP contribution < -0.4 is 21.1 Å². The van der Waals surface area contributed by atoms with Gasteiger partial charge < -0.3 is 35.7 Å². The Morgan fingerprint density at radius 3 is 2.62 bits per heavy atom. The number of aliphatic hydroxyl groups excluding tert-OH is 1. The zero-order chi connectivity index (χ0) is 26.9. The van der Waals surface area contributed by atoms with Crippen molar-refractivity contribution in [3.63, 3.8) is 0 Å². The SMILES string of the molecule is COc1nc(N)c(Cl)cc1C(=O)NC1CCN(CC(=O)Nc2ccc(C(=O)OCCO)cc2)CC1OC. The molecule has 0 spiro atoms. The largest absolute Gasteiger partial charge is 0.480 e. The van der Waals surface area contributed by atoms with Gasteiger partial charge in [0.15, 0.2) is 0 Å². The fourth-order valence-electron chi connectivity index (χ4n) is 3.89. The van der Waals surface area contributed by atoms with Crippen LogP contribution in [-0.2, 0) is 14.3 Å². The molecular weight excluding hydrogens is 506 g/mol. The Kier molecular flexibility index (Phi) is 10.0. The minimum Gasteiger partial charge on any atom is -0.480 e. The van der Waals surface area contributed by atoms with Crippen LogP contribution in [0.3, 0.4) is 0 Å². The number of nitrogens with one attached hydrogen (secondary N) is 2. The van der Waals surface area contributed by atoms with Gasteiger partial charge in [-0.3, -0.25) is 14.5 Å². The Morgan fingerprint density at radius 2 is 1.97 bits per heavy atom. The van der Waals surface area contributed by atoms with Crippen LogP contribution in [0.2, 0.25) is 5.02 Å². The Hall–Kier alpha value is -3.45. The summed E-state index contributed by atoms with van der Waals surface area (Å²) in [4.78, 5) is 43.2. The van der Waals surface area contributed by atoms with Crippen molar-refractivity contribution in [2.24, 2.45) is 0 Å². The van der Waals surface area contributed by atoms with E-state index in [-0.39, 0.29) is 60.1 Å². The maximum Gasteiger partial charge on any atom is 0.338 e. The van der Waals surface area contributed by atoms with Gasteiger partial charge in [-0.25, -0.2) is 4.79 Å². The van der Waals surface area contributed by atoms with Crippen LogP contribution in [0, 0.1) is 0 Å². The number of pyridine rings is 1. The first-order valence-corrected chi connectivity index (χ1v) is 11.9. The Morgan fingerprint density at radius 1 is 1.24 bits per heavy atom. The van der Waals surface area contributed by atoms with Gasteiger partial charge in [-0.1, -0.05) is 11.6 Å². The van der Waals surface area contributed by atoms with E-state index in [0.29, 0.717) is 30.8 Å². The highest BCUT2D eigenvalue weighted by molar-refractivity contribution is 6.33. The number of carbonyl (C=O) groups is 3. The topological polar surface area (TPSA) is 165 Å². The maximum atomic E-state index is 12.9. The molecule has 2 atom stereocenters. The summed E-state index contributed by atoms with van der Waals surface area (Å²) < 4.78 is 15.6. The number of hydrogen-bond acceptors (Lipinski definition) is 10. The molecule has 2 heterocycles. The number of hydrogen-bond donors (Lipinski definition) is 4. The molecule has 200 valence electrons. The third kappa shape index (κ3) is 7.52. The summed E-state index contributed by atoms with van der Waals surface area (Å²) in [6.45, 7) is 0.749. The lowest BCUT2D eigenvalue weighted by atomic mass is 10.0. The standard InChI is InChI=1S/C24H30ClN5O7/c1-35-19-12-30(13-20(32)27-15-5-3-14(4-6-15)24(34)37-10-9-31)8-7-18(19)28-22(33)16-11-17(25)21(26)29-23(16)36-2/h3-6,11,18-19,31H,7-10,12-13H2,1-2H3,(H2,26,29)(H,27,32)(H,28,33). The fraction of sp³-hybridized carbons (Fsp3) is 0.417. The van der Waals surface area contributed by atoms with Gasteiger partial charge in [0.25, 0.3) is 5.91 Å². The van der Waals surface area contributed by atoms with Crippen LogP contribution in [0.1, 0.15) is 27.1 Å². The highest BCUT2D eigenvalue weighted by Gasteiger charge is 2.32. The van der Waals surface area contributed by atoms with Gasteiger partial charge in [-0.15, -0.1) is 0 Å². The molecule has 0 saturated carbocycles. The molecule has 5 N–H and O–H groups in total. The number of esters is 1. The Bertz CT molecular complexity index is 1120. The smallest absolute Gasteiger partial charge is 0.338 e. The van der Waals surface area contributed by atoms with Gasteiger partial charge in [0.2, 0.25) is 11.8 Å². The van der Waals surface area contributed by atoms with Gasteiger partial charge in [0, 0.05) is 25.9 Å². The van der Waals surface area contributed by atoms with Crippen molar-refractivity contribution < 1.29 is 33.7 Å². The van der Waals surface area contributed by atoms with E-state index in [1.54, 1.807) is 19.2 Å². The van der Waals surface area contributed by atoms with Crippen molar-refractivity contribution in [2.75, 3.05) is 58.1 Å². The molecule has 2 unspecified atom stereocenters. The molecule has 37 heavy (non-hydrogen) atoms. The third-order valence-corrected chi connectivity index (χ3v) is 6.07. The fourth-order valence-corrected chi connectivity index (χ4v) is 4.04. The van der Waals surface area contributed by atoms with Crippen molar-refractivity contribution in [1.82, 2.24) is 15.2 Å². The number of rotatable bonds is 10. The summed E-state index contributed by atoms with van der Waals surface area (Å²) in [7, 11) is 2.93. The predicted octanol–water partition coefficient (Wildman–Crippen LogP) is 0.933. The highest BCUT2D eigenvalue weighted by Crippen LogP contribution is 2.25. The first-order valence-electron chi connectivity index (χ1n) is 11.5. The Balaban J connectivity index is 1.53. The molecule has 1 fully saturated rings. The first kappa shape index (κ1) is 28.1. The highest BCUT2D eigenvalue weighted by atomic mass is 35.5. The number of ether oxygens (including phenoxy) is 3. The molecule has 1 aromatic heterocycles. The summed E-state index contributed by atoms with van der Waals surface area (Å²) in [5.41, 5.74) is 6.69. The monoisotopic (exact) mass is 535 g/mol. The lowest BCUT2D eigenvalue weighted by molar-refractivity contribution is -0.118. The molecule has 0 bridgehead atoms. The number of nitrogen functional groups attached to an aromatic ring is 1. The molecule has 2 amide bonds. The minimum atomic E-state index is -0.554. The van der Waals surface area contributed by atoms with Crippen LogP contribution in [0.4, 0.5) is 11.5 Å². The van der Waals surface area contributed by atoms with E-state index in [4.69, 9.17) is 36.7 Å². The van der Waals surface area contributed by atoms with E-state index in [1.165, 1.54) is 25.3 Å². The molecule has 1 aliphatic heterocycles. The number of anilines is 2. The number of halogens is 1. The molecule has 1 saturated heterocycles. The van der Waals surface area contributed by atoms with Gasteiger partial charge in [-0.05, 0) is 36.8 Å². The maximum absolute atomic E-state index is 12.9. The van der Waals surface area contributed by atoms with Gasteiger partial charge in [0.1, 0.15) is 18.0 Å². The summed E-state index contributed by atoms with van der Waals surface area (Å²) in [5.74, 6) is -1.08. The van der Waals surface area contributed by atoms with Crippen molar-refractivity contribution >= 4 is 40.9 Å². The second-order valence-electron chi connectivity index (χ2n) is 8.28. The normalized spacial score (nSPS) is 17.6. The van der Waals surface area contributed by atoms with Crippen molar-refractivity contribution in [1.29, 1.82) is 0 Å². The van der Waals surface area contributed by atoms with E-state index >= 15 is 0 Å². The number of aromatic nitrogens is 1. The average Bonchev–Trinajstić information content (AvgIpc) is 2.89. The number of likely N-dealkylation sites (tertiary alicyclic amines) is 1. The molecule has 3 rings (SSSR count). The van der Waals surface area contributed by atoms with Gasteiger partial charge in [-0.2, -0.15) is 4.98 Å². The molecule has 1 aliphatic rings. The third-order valence-electron chi connectivity index (χ3n) is 5.76. The van der Waals surface area contributed by atoms with Crippen LogP contribution >= 0.6 is 11.6 Å². The lowest BCUT2D eigenvalue weighted by Gasteiger charge is -2.37. The summed E-state index contributed by atoms with van der Waals surface area (Å²) in [5, 5.41) is 14.6. The number of amides is 2.